The summed E-state index contributed by atoms with van der Waals surface area (Å²) in [6, 6.07) is 0. The van der Waals surface area contributed by atoms with Crippen LogP contribution < -0.4 is 0 Å². The van der Waals surface area contributed by atoms with E-state index in [-0.39, 0.29) is 0 Å². The van der Waals surface area contributed by atoms with Gasteiger partial charge in [0.05, 0.1) is 0 Å². The zero-order valence-electron chi connectivity index (χ0n) is 7.33. The molecule has 1 heteroatoms. The normalized spacial score (nSPS) is 12.0. The molecule has 0 fully saturated rings. The Morgan fingerprint density at radius 3 is 2.00 bits per heavy atom. The molecule has 0 aromatic carbocycles. The number of hydrogen-bond donors (Lipinski definition) is 0. The third-order valence-corrected chi connectivity index (χ3v) is 9.76. The molecule has 0 N–H and O–H groups in total. The van der Waals surface area contributed by atoms with Crippen LogP contribution in [0.4, 0.5) is 0 Å². The van der Waals surface area contributed by atoms with Gasteiger partial charge in [-0.15, -0.1) is 0 Å². The van der Waals surface area contributed by atoms with Crippen LogP contribution in [0.2, 0.25) is 22.0 Å². The molecule has 0 aliphatic rings. The molecule has 0 aliphatic heterocycles. The van der Waals surface area contributed by atoms with Crippen LogP contribution in [0.5, 0.6) is 0 Å². The van der Waals surface area contributed by atoms with E-state index in [1.807, 2.05) is 0 Å². The minimum atomic E-state index is -1.15. The fraction of sp³-hybridized carbons (Fsp3) is 1.00. The van der Waals surface area contributed by atoms with E-state index in [9.17, 15) is 0 Å². The second-order valence-electron chi connectivity index (χ2n) is 3.62. The Kier molecular flexibility index (Phi) is 4.64. The van der Waals surface area contributed by atoms with Crippen LogP contribution in [0, 0.1) is 0 Å². The molecular weight excluding hydrogens is 169 g/mol. The van der Waals surface area contributed by atoms with Crippen molar-refractivity contribution < 1.29 is 0 Å². The summed E-state index contributed by atoms with van der Waals surface area (Å²) in [5.41, 5.74) is 0. The molecule has 9 heavy (non-hydrogen) atoms. The Bertz CT molecular complexity index is 67.0. The first-order valence-corrected chi connectivity index (χ1v) is 11.3. The molecule has 0 nitrogen and oxygen atoms in total. The van der Waals surface area contributed by atoms with Crippen molar-refractivity contribution in [2.24, 2.45) is 0 Å². The first-order chi connectivity index (χ1) is 4.12. The summed E-state index contributed by atoms with van der Waals surface area (Å²) < 4.78 is 0. The molecule has 0 atom stereocenters. The van der Waals surface area contributed by atoms with Crippen molar-refractivity contribution in [2.75, 3.05) is 0 Å². The standard InChI is InChI=1S/C8H20Ge/c1-5-7-8-9(3,4)6-2/h5-8H2,1-4H3. The molecule has 0 rings (SSSR count). The predicted molar refractivity (Wildman–Crippen MR) is 47.7 cm³/mol. The molecule has 0 aliphatic carbocycles. The van der Waals surface area contributed by atoms with Gasteiger partial charge in [0.2, 0.25) is 0 Å². The summed E-state index contributed by atoms with van der Waals surface area (Å²) in [4.78, 5) is 0. The van der Waals surface area contributed by atoms with E-state index >= 15 is 0 Å². The summed E-state index contributed by atoms with van der Waals surface area (Å²) in [5.74, 6) is 5.07. The average Bonchev–Trinajstić information content (AvgIpc) is 1.84. The topological polar surface area (TPSA) is 0 Å². The number of rotatable bonds is 4. The van der Waals surface area contributed by atoms with Crippen LogP contribution in [-0.4, -0.2) is 13.3 Å². The zero-order valence-corrected chi connectivity index (χ0v) is 9.43. The first-order valence-electron chi connectivity index (χ1n) is 4.12. The Morgan fingerprint density at radius 1 is 1.11 bits per heavy atom. The maximum absolute atomic E-state index is 2.54. The Morgan fingerprint density at radius 2 is 1.67 bits per heavy atom. The van der Waals surface area contributed by atoms with Crippen molar-refractivity contribution in [1.29, 1.82) is 0 Å². The van der Waals surface area contributed by atoms with Crippen LogP contribution >= 0.6 is 0 Å². The molecule has 0 saturated carbocycles. The maximum atomic E-state index is 2.54. The van der Waals surface area contributed by atoms with Gasteiger partial charge in [-0.2, -0.15) is 0 Å². The molecule has 0 spiro atoms. The van der Waals surface area contributed by atoms with E-state index in [4.69, 9.17) is 0 Å². The van der Waals surface area contributed by atoms with Crippen LogP contribution in [0.15, 0.2) is 0 Å². The van der Waals surface area contributed by atoms with Crippen molar-refractivity contribution in [1.82, 2.24) is 0 Å². The van der Waals surface area contributed by atoms with Gasteiger partial charge < -0.3 is 0 Å². The summed E-state index contributed by atoms with van der Waals surface area (Å²) in [7, 11) is 0. The van der Waals surface area contributed by atoms with E-state index in [1.165, 1.54) is 18.1 Å². The molecule has 0 aromatic rings. The molecule has 0 saturated heterocycles. The van der Waals surface area contributed by atoms with Crippen molar-refractivity contribution in [3.05, 3.63) is 0 Å². The van der Waals surface area contributed by atoms with Crippen molar-refractivity contribution in [3.63, 3.8) is 0 Å². The van der Waals surface area contributed by atoms with Crippen LogP contribution in [0.25, 0.3) is 0 Å². The molecule has 56 valence electrons. The van der Waals surface area contributed by atoms with Gasteiger partial charge in [-0.1, -0.05) is 0 Å². The van der Waals surface area contributed by atoms with Crippen LogP contribution in [0.3, 0.4) is 0 Å². The minimum absolute atomic E-state index is 1.15. The van der Waals surface area contributed by atoms with Crippen molar-refractivity contribution in [3.8, 4) is 0 Å². The molecule has 0 heterocycles. The van der Waals surface area contributed by atoms with E-state index in [0.717, 1.165) is 0 Å². The summed E-state index contributed by atoms with van der Waals surface area (Å²) in [6.07, 6.45) is 2.86. The summed E-state index contributed by atoms with van der Waals surface area (Å²) in [5, 5.41) is 3.08. The monoisotopic (exact) mass is 190 g/mol. The molecule has 0 bridgehead atoms. The third-order valence-electron chi connectivity index (χ3n) is 2.16. The van der Waals surface area contributed by atoms with Crippen molar-refractivity contribution in [2.45, 2.75) is 48.7 Å². The fourth-order valence-electron chi connectivity index (χ4n) is 0.832. The Hall–Kier alpha value is 0.543. The average molecular weight is 189 g/mol. The molecular formula is C8H20Ge. The summed E-state index contributed by atoms with van der Waals surface area (Å²) in [6.45, 7) is 4.64. The van der Waals surface area contributed by atoms with Gasteiger partial charge in [-0.3, -0.25) is 0 Å². The van der Waals surface area contributed by atoms with Gasteiger partial charge in [0, 0.05) is 0 Å². The second kappa shape index (κ2) is 4.37. The Balaban J connectivity index is 3.33. The van der Waals surface area contributed by atoms with Crippen LogP contribution in [0.1, 0.15) is 26.7 Å². The molecule has 0 amide bonds. The van der Waals surface area contributed by atoms with Gasteiger partial charge >= 0.3 is 62.0 Å². The molecule has 0 unspecified atom stereocenters. The fourth-order valence-corrected chi connectivity index (χ4v) is 4.32. The molecule has 0 aromatic heterocycles. The van der Waals surface area contributed by atoms with E-state index in [2.05, 4.69) is 25.4 Å². The van der Waals surface area contributed by atoms with Gasteiger partial charge in [-0.05, 0) is 0 Å². The van der Waals surface area contributed by atoms with Gasteiger partial charge in [0.15, 0.2) is 0 Å². The first kappa shape index (κ1) is 9.54. The third kappa shape index (κ3) is 5.01. The van der Waals surface area contributed by atoms with Gasteiger partial charge in [-0.25, -0.2) is 0 Å². The number of hydrogen-bond acceptors (Lipinski definition) is 0. The number of unbranched alkanes of at least 4 members (excludes halogenated alkanes) is 1. The SMILES string of the molecule is CCC[CH2][Ge]([CH3])([CH3])[CH2]C. The van der Waals surface area contributed by atoms with Gasteiger partial charge in [0.1, 0.15) is 0 Å². The van der Waals surface area contributed by atoms with Crippen LogP contribution in [-0.2, 0) is 0 Å². The quantitative estimate of drug-likeness (QED) is 0.593. The van der Waals surface area contributed by atoms with E-state index < -0.39 is 13.3 Å². The van der Waals surface area contributed by atoms with Gasteiger partial charge in [0.25, 0.3) is 0 Å². The predicted octanol–water partition coefficient (Wildman–Crippen LogP) is 3.51. The molecule has 0 radical (unpaired) electrons. The van der Waals surface area contributed by atoms with E-state index in [0.29, 0.717) is 0 Å². The Labute approximate surface area is 62.4 Å². The zero-order chi connectivity index (χ0) is 7.33. The summed E-state index contributed by atoms with van der Waals surface area (Å²) >= 11 is -1.15. The van der Waals surface area contributed by atoms with E-state index in [1.54, 1.807) is 5.25 Å². The van der Waals surface area contributed by atoms with Crippen molar-refractivity contribution >= 4 is 13.3 Å². The second-order valence-corrected chi connectivity index (χ2v) is 15.2.